The Kier molecular flexibility index (Phi) is 5.90. The van der Waals surface area contributed by atoms with Gasteiger partial charge in [0.25, 0.3) is 5.91 Å². The van der Waals surface area contributed by atoms with Crippen molar-refractivity contribution in [1.29, 1.82) is 0 Å². The normalized spacial score (nSPS) is 10.6. The Morgan fingerprint density at radius 3 is 2.65 bits per heavy atom. The number of carbonyl (C=O) groups excluding carboxylic acids is 1. The number of benzene rings is 2. The van der Waals surface area contributed by atoms with Crippen LogP contribution in [0.4, 0.5) is 10.8 Å². The van der Waals surface area contributed by atoms with Gasteiger partial charge in [-0.05, 0) is 30.7 Å². The van der Waals surface area contributed by atoms with E-state index >= 15 is 0 Å². The molecule has 1 aromatic heterocycles. The van der Waals surface area contributed by atoms with Crippen LogP contribution in [0.15, 0.2) is 52.9 Å². The molecule has 7 heteroatoms. The summed E-state index contributed by atoms with van der Waals surface area (Å²) in [4.78, 5) is 14.4. The summed E-state index contributed by atoms with van der Waals surface area (Å²) in [6.45, 7) is 2.07. The number of nitrogens with one attached hydrogen (secondary N) is 1. The lowest BCUT2D eigenvalue weighted by molar-refractivity contribution is 0.102. The monoisotopic (exact) mass is 384 g/mol. The zero-order chi connectivity index (χ0) is 18.5. The fourth-order valence-electron chi connectivity index (χ4n) is 2.24. The summed E-state index contributed by atoms with van der Waals surface area (Å²) in [5, 5.41) is 11.6. The highest BCUT2D eigenvalue weighted by atomic mass is 32.2. The molecule has 0 spiro atoms. The van der Waals surface area contributed by atoms with E-state index in [1.54, 1.807) is 17.8 Å². The van der Waals surface area contributed by atoms with Gasteiger partial charge in [-0.3, -0.25) is 10.1 Å². The van der Waals surface area contributed by atoms with Gasteiger partial charge in [0.15, 0.2) is 4.34 Å². The number of nitrogens with zero attached hydrogens (tertiary/aromatic N) is 3. The Bertz CT molecular complexity index is 891. The molecule has 2 aromatic carbocycles. The number of aromatic nitrogens is 2. The fourth-order valence-corrected chi connectivity index (χ4v) is 3.95. The third-order valence-electron chi connectivity index (χ3n) is 3.73. The number of hydrogen-bond acceptors (Lipinski definition) is 6. The van der Waals surface area contributed by atoms with Crippen molar-refractivity contribution in [2.24, 2.45) is 0 Å². The van der Waals surface area contributed by atoms with Crippen LogP contribution in [0.3, 0.4) is 0 Å². The van der Waals surface area contributed by atoms with E-state index in [2.05, 4.69) is 46.7 Å². The number of rotatable bonds is 6. The average Bonchev–Trinajstić information content (AvgIpc) is 3.08. The molecule has 3 aromatic rings. The first-order valence-electron chi connectivity index (χ1n) is 8.12. The molecular formula is C19H20N4OS2. The molecule has 1 amide bonds. The number of aryl methyl sites for hydroxylation is 1. The van der Waals surface area contributed by atoms with E-state index in [4.69, 9.17) is 0 Å². The molecule has 0 saturated carbocycles. The first-order valence-corrected chi connectivity index (χ1v) is 9.92. The summed E-state index contributed by atoms with van der Waals surface area (Å²) in [6, 6.07) is 15.9. The minimum atomic E-state index is -0.181. The molecule has 0 aliphatic rings. The first kappa shape index (κ1) is 18.4. The van der Waals surface area contributed by atoms with Crippen LogP contribution in [0, 0.1) is 6.92 Å². The van der Waals surface area contributed by atoms with Gasteiger partial charge in [0.2, 0.25) is 5.13 Å². The molecule has 134 valence electrons. The third-order valence-corrected chi connectivity index (χ3v) is 5.78. The lowest BCUT2D eigenvalue weighted by Gasteiger charge is -2.13. The van der Waals surface area contributed by atoms with Crippen molar-refractivity contribution in [3.8, 4) is 0 Å². The minimum Gasteiger partial charge on any atom is -0.378 e. The smallest absolute Gasteiger partial charge is 0.257 e. The van der Waals surface area contributed by atoms with Gasteiger partial charge in [-0.1, -0.05) is 59.0 Å². The van der Waals surface area contributed by atoms with Crippen LogP contribution in [0.5, 0.6) is 0 Å². The van der Waals surface area contributed by atoms with Crippen LogP contribution in [0.2, 0.25) is 0 Å². The Balaban J connectivity index is 1.60. The van der Waals surface area contributed by atoms with E-state index in [1.807, 2.05) is 37.2 Å². The predicted molar refractivity (Wildman–Crippen MR) is 109 cm³/mol. The van der Waals surface area contributed by atoms with E-state index in [-0.39, 0.29) is 5.91 Å². The summed E-state index contributed by atoms with van der Waals surface area (Å²) >= 11 is 3.00. The molecule has 1 heterocycles. The van der Waals surface area contributed by atoms with Gasteiger partial charge in [-0.15, -0.1) is 10.2 Å². The third kappa shape index (κ3) is 4.83. The first-order chi connectivity index (χ1) is 12.5. The van der Waals surface area contributed by atoms with Crippen molar-refractivity contribution < 1.29 is 4.79 Å². The van der Waals surface area contributed by atoms with Crippen LogP contribution in [0.1, 0.15) is 21.5 Å². The van der Waals surface area contributed by atoms with Crippen molar-refractivity contribution in [1.82, 2.24) is 10.2 Å². The second-order valence-electron chi connectivity index (χ2n) is 6.05. The molecule has 0 radical (unpaired) electrons. The zero-order valence-corrected chi connectivity index (χ0v) is 16.5. The molecule has 0 atom stereocenters. The lowest BCUT2D eigenvalue weighted by atomic mass is 10.2. The van der Waals surface area contributed by atoms with Crippen molar-refractivity contribution in [2.45, 2.75) is 17.0 Å². The highest BCUT2D eigenvalue weighted by molar-refractivity contribution is 8.00. The van der Waals surface area contributed by atoms with E-state index < -0.39 is 0 Å². The molecule has 0 bridgehead atoms. The van der Waals surface area contributed by atoms with Gasteiger partial charge in [0.1, 0.15) is 0 Å². The minimum absolute atomic E-state index is 0.181. The van der Waals surface area contributed by atoms with Crippen molar-refractivity contribution in [2.75, 3.05) is 24.3 Å². The molecule has 0 unspecified atom stereocenters. The second kappa shape index (κ2) is 8.33. The van der Waals surface area contributed by atoms with E-state index in [1.165, 1.54) is 22.5 Å². The number of amides is 1. The number of hydrogen-bond donors (Lipinski definition) is 1. The molecule has 5 nitrogen and oxygen atoms in total. The van der Waals surface area contributed by atoms with E-state index in [0.717, 1.165) is 15.8 Å². The van der Waals surface area contributed by atoms with Crippen LogP contribution in [0.25, 0.3) is 0 Å². The predicted octanol–water partition coefficient (Wildman–Crippen LogP) is 4.46. The summed E-state index contributed by atoms with van der Waals surface area (Å²) in [5.41, 5.74) is 4.06. The van der Waals surface area contributed by atoms with Crippen LogP contribution >= 0.6 is 23.1 Å². The van der Waals surface area contributed by atoms with Gasteiger partial charge < -0.3 is 4.90 Å². The molecule has 0 fully saturated rings. The van der Waals surface area contributed by atoms with Crippen molar-refractivity contribution in [3.05, 3.63) is 65.2 Å². The number of thioether (sulfide) groups is 1. The van der Waals surface area contributed by atoms with Crippen molar-refractivity contribution >= 4 is 39.8 Å². The zero-order valence-electron chi connectivity index (χ0n) is 14.9. The SMILES string of the molecule is Cc1ccc(CSc2nnc(NC(=O)c3cccc(N(C)C)c3)s2)cc1. The summed E-state index contributed by atoms with van der Waals surface area (Å²) < 4.78 is 0.836. The second-order valence-corrected chi connectivity index (χ2v) is 8.25. The van der Waals surface area contributed by atoms with Crippen LogP contribution in [-0.4, -0.2) is 30.2 Å². The van der Waals surface area contributed by atoms with Crippen LogP contribution in [-0.2, 0) is 5.75 Å². The fraction of sp³-hybridized carbons (Fsp3) is 0.211. The quantitative estimate of drug-likeness (QED) is 0.502. The Hall–Kier alpha value is -2.38. The largest absolute Gasteiger partial charge is 0.378 e. The summed E-state index contributed by atoms with van der Waals surface area (Å²) in [7, 11) is 3.89. The number of carbonyl (C=O) groups is 1. The van der Waals surface area contributed by atoms with Crippen LogP contribution < -0.4 is 10.2 Å². The highest BCUT2D eigenvalue weighted by Gasteiger charge is 2.11. The van der Waals surface area contributed by atoms with E-state index in [0.29, 0.717) is 10.7 Å². The summed E-state index contributed by atoms with van der Waals surface area (Å²) in [6.07, 6.45) is 0. The van der Waals surface area contributed by atoms with Gasteiger partial charge in [0.05, 0.1) is 0 Å². The topological polar surface area (TPSA) is 58.1 Å². The molecule has 0 saturated heterocycles. The van der Waals surface area contributed by atoms with Gasteiger partial charge in [-0.25, -0.2) is 0 Å². The molecule has 1 N–H and O–H groups in total. The summed E-state index contributed by atoms with van der Waals surface area (Å²) in [5.74, 6) is 0.647. The van der Waals surface area contributed by atoms with Gasteiger partial charge in [0, 0.05) is 31.1 Å². The molecule has 3 rings (SSSR count). The standard InChI is InChI=1S/C19H20N4OS2/c1-13-7-9-14(10-8-13)12-25-19-22-21-18(26-19)20-17(24)15-5-4-6-16(11-15)23(2)3/h4-11H,12H2,1-3H3,(H,20,21,24). The Morgan fingerprint density at radius 2 is 1.92 bits per heavy atom. The highest BCUT2D eigenvalue weighted by Crippen LogP contribution is 2.28. The van der Waals surface area contributed by atoms with Crippen molar-refractivity contribution in [3.63, 3.8) is 0 Å². The molecule has 26 heavy (non-hydrogen) atoms. The Morgan fingerprint density at radius 1 is 1.15 bits per heavy atom. The molecule has 0 aliphatic carbocycles. The lowest BCUT2D eigenvalue weighted by Crippen LogP contribution is -2.14. The average molecular weight is 385 g/mol. The van der Waals surface area contributed by atoms with Gasteiger partial charge in [-0.2, -0.15) is 0 Å². The maximum Gasteiger partial charge on any atom is 0.257 e. The maximum atomic E-state index is 12.4. The number of anilines is 2. The maximum absolute atomic E-state index is 12.4. The molecular weight excluding hydrogens is 364 g/mol. The molecule has 0 aliphatic heterocycles. The Labute approximate surface area is 161 Å². The van der Waals surface area contributed by atoms with Gasteiger partial charge >= 0.3 is 0 Å². The van der Waals surface area contributed by atoms with E-state index in [9.17, 15) is 4.79 Å².